The number of nitrogens with zero attached hydrogens (tertiary/aromatic N) is 1. The Balaban J connectivity index is 2.39. The van der Waals surface area contributed by atoms with Crippen molar-refractivity contribution in [1.29, 1.82) is 0 Å². The van der Waals surface area contributed by atoms with Crippen molar-refractivity contribution >= 4 is 11.8 Å². The Morgan fingerprint density at radius 2 is 1.85 bits per heavy atom. The Hall–Kier alpha value is -1.84. The van der Waals surface area contributed by atoms with E-state index in [0.717, 1.165) is 12.0 Å². The van der Waals surface area contributed by atoms with Gasteiger partial charge in [-0.3, -0.25) is 9.59 Å². The Morgan fingerprint density at radius 1 is 1.20 bits per heavy atom. The summed E-state index contributed by atoms with van der Waals surface area (Å²) in [6.07, 6.45) is 1.58. The van der Waals surface area contributed by atoms with Gasteiger partial charge in [-0.05, 0) is 25.8 Å². The first-order chi connectivity index (χ1) is 9.54. The lowest BCUT2D eigenvalue weighted by molar-refractivity contribution is -0.154. The van der Waals surface area contributed by atoms with Gasteiger partial charge >= 0.3 is 0 Å². The van der Waals surface area contributed by atoms with Gasteiger partial charge in [0.1, 0.15) is 11.6 Å². The number of amides is 2. The predicted molar refractivity (Wildman–Crippen MR) is 78.0 cm³/mol. The molecule has 1 aromatic carbocycles. The van der Waals surface area contributed by atoms with E-state index in [2.05, 4.69) is 5.32 Å². The van der Waals surface area contributed by atoms with Gasteiger partial charge in [0.25, 0.3) is 5.91 Å². The molecule has 0 radical (unpaired) electrons. The van der Waals surface area contributed by atoms with Crippen LogP contribution in [0.25, 0.3) is 0 Å². The Kier molecular flexibility index (Phi) is 4.12. The first kappa shape index (κ1) is 14.6. The molecule has 4 heteroatoms. The van der Waals surface area contributed by atoms with E-state index in [0.29, 0.717) is 13.0 Å². The number of piperazine rings is 1. The second-order valence-corrected chi connectivity index (χ2v) is 5.38. The van der Waals surface area contributed by atoms with Crippen LogP contribution in [0.2, 0.25) is 0 Å². The van der Waals surface area contributed by atoms with E-state index in [4.69, 9.17) is 0 Å². The maximum atomic E-state index is 12.8. The summed E-state index contributed by atoms with van der Waals surface area (Å²) in [5.74, 6) is -0.0797. The number of benzene rings is 1. The smallest absolute Gasteiger partial charge is 0.253 e. The number of hydrogen-bond donors (Lipinski definition) is 1. The lowest BCUT2D eigenvalue weighted by Crippen LogP contribution is -2.67. The SMILES string of the molecule is CCCC1C(=O)NC(C)(c2ccccc2)C(=O)N1CC. The van der Waals surface area contributed by atoms with Gasteiger partial charge in [0.15, 0.2) is 0 Å². The van der Waals surface area contributed by atoms with Crippen molar-refractivity contribution in [2.45, 2.75) is 45.2 Å². The van der Waals surface area contributed by atoms with Gasteiger partial charge in [0.05, 0.1) is 0 Å². The van der Waals surface area contributed by atoms with Crippen LogP contribution in [0.15, 0.2) is 30.3 Å². The monoisotopic (exact) mass is 274 g/mol. The minimum Gasteiger partial charge on any atom is -0.336 e. The fourth-order valence-corrected chi connectivity index (χ4v) is 2.84. The maximum absolute atomic E-state index is 12.8. The summed E-state index contributed by atoms with van der Waals surface area (Å²) < 4.78 is 0. The van der Waals surface area contributed by atoms with Crippen LogP contribution >= 0.6 is 0 Å². The highest BCUT2D eigenvalue weighted by Gasteiger charge is 2.47. The number of likely N-dealkylation sites (N-methyl/N-ethyl adjacent to an activating group) is 1. The van der Waals surface area contributed by atoms with Crippen LogP contribution in [0.5, 0.6) is 0 Å². The molecule has 1 aromatic rings. The molecule has 2 rings (SSSR count). The minimum atomic E-state index is -0.960. The molecule has 1 saturated heterocycles. The first-order valence-electron chi connectivity index (χ1n) is 7.23. The molecule has 0 aliphatic carbocycles. The first-order valence-corrected chi connectivity index (χ1v) is 7.23. The third-order valence-corrected chi connectivity index (χ3v) is 3.99. The third kappa shape index (κ3) is 2.30. The van der Waals surface area contributed by atoms with E-state index >= 15 is 0 Å². The van der Waals surface area contributed by atoms with Gasteiger partial charge in [-0.1, -0.05) is 43.7 Å². The summed E-state index contributed by atoms with van der Waals surface area (Å²) in [5.41, 5.74) is -0.134. The second-order valence-electron chi connectivity index (χ2n) is 5.38. The summed E-state index contributed by atoms with van der Waals surface area (Å²) in [6.45, 7) is 6.29. The maximum Gasteiger partial charge on any atom is 0.253 e. The summed E-state index contributed by atoms with van der Waals surface area (Å²) in [7, 11) is 0. The van der Waals surface area contributed by atoms with Gasteiger partial charge in [-0.2, -0.15) is 0 Å². The standard InChI is InChI=1S/C16H22N2O2/c1-4-9-13-14(19)17-16(3,15(20)18(13)5-2)12-10-7-6-8-11-12/h6-8,10-11,13H,4-5,9H2,1-3H3,(H,17,19). The molecule has 20 heavy (non-hydrogen) atoms. The molecule has 2 atom stereocenters. The van der Waals surface area contributed by atoms with Gasteiger partial charge in [-0.15, -0.1) is 0 Å². The van der Waals surface area contributed by atoms with Gasteiger partial charge in [0, 0.05) is 6.54 Å². The van der Waals surface area contributed by atoms with E-state index in [1.807, 2.05) is 44.2 Å². The molecule has 4 nitrogen and oxygen atoms in total. The van der Waals surface area contributed by atoms with Crippen LogP contribution in [0.4, 0.5) is 0 Å². The molecule has 1 heterocycles. The molecule has 0 saturated carbocycles. The average molecular weight is 274 g/mol. The van der Waals surface area contributed by atoms with Crippen molar-refractivity contribution in [2.24, 2.45) is 0 Å². The van der Waals surface area contributed by atoms with Crippen LogP contribution in [-0.2, 0) is 15.1 Å². The molecule has 1 fully saturated rings. The quantitative estimate of drug-likeness (QED) is 0.913. The molecule has 1 N–H and O–H groups in total. The van der Waals surface area contributed by atoms with Crippen LogP contribution in [-0.4, -0.2) is 29.3 Å². The molecule has 2 amide bonds. The summed E-state index contributed by atoms with van der Waals surface area (Å²) in [6, 6.07) is 9.09. The van der Waals surface area contributed by atoms with Crippen LogP contribution in [0.3, 0.4) is 0 Å². The lowest BCUT2D eigenvalue weighted by Gasteiger charge is -2.44. The highest BCUT2D eigenvalue weighted by Crippen LogP contribution is 2.29. The Labute approximate surface area is 120 Å². The zero-order valence-corrected chi connectivity index (χ0v) is 12.3. The van der Waals surface area contributed by atoms with E-state index in [1.165, 1.54) is 0 Å². The molecule has 1 aliphatic rings. The fourth-order valence-electron chi connectivity index (χ4n) is 2.84. The highest BCUT2D eigenvalue weighted by atomic mass is 16.2. The molecular formula is C16H22N2O2. The highest BCUT2D eigenvalue weighted by molar-refractivity contribution is 6.00. The van der Waals surface area contributed by atoms with Gasteiger partial charge in [0.2, 0.25) is 5.91 Å². The lowest BCUT2D eigenvalue weighted by atomic mass is 9.86. The van der Waals surface area contributed by atoms with Crippen LogP contribution < -0.4 is 5.32 Å². The number of carbonyl (C=O) groups is 2. The van der Waals surface area contributed by atoms with E-state index in [1.54, 1.807) is 11.8 Å². The van der Waals surface area contributed by atoms with E-state index in [-0.39, 0.29) is 17.9 Å². The van der Waals surface area contributed by atoms with E-state index in [9.17, 15) is 9.59 Å². The average Bonchev–Trinajstić information content (AvgIpc) is 2.46. The molecule has 0 bridgehead atoms. The minimum absolute atomic E-state index is 0.0238. The van der Waals surface area contributed by atoms with Crippen LogP contribution in [0, 0.1) is 0 Å². The molecule has 2 unspecified atom stereocenters. The number of nitrogens with one attached hydrogen (secondary N) is 1. The van der Waals surface area contributed by atoms with Crippen molar-refractivity contribution in [2.75, 3.05) is 6.54 Å². The third-order valence-electron chi connectivity index (χ3n) is 3.99. The largest absolute Gasteiger partial charge is 0.336 e. The Bertz CT molecular complexity index is 500. The van der Waals surface area contributed by atoms with E-state index < -0.39 is 5.54 Å². The van der Waals surface area contributed by atoms with Gasteiger partial charge in [-0.25, -0.2) is 0 Å². The van der Waals surface area contributed by atoms with Gasteiger partial charge < -0.3 is 10.2 Å². The summed E-state index contributed by atoms with van der Waals surface area (Å²) >= 11 is 0. The molecule has 0 aromatic heterocycles. The van der Waals surface area contributed by atoms with Crippen molar-refractivity contribution in [3.8, 4) is 0 Å². The molecule has 1 aliphatic heterocycles. The molecular weight excluding hydrogens is 252 g/mol. The fraction of sp³-hybridized carbons (Fsp3) is 0.500. The number of hydrogen-bond acceptors (Lipinski definition) is 2. The zero-order chi connectivity index (χ0) is 14.8. The van der Waals surface area contributed by atoms with Crippen molar-refractivity contribution < 1.29 is 9.59 Å². The molecule has 108 valence electrons. The number of rotatable bonds is 4. The summed E-state index contributed by atoms with van der Waals surface area (Å²) in [5, 5.41) is 2.93. The van der Waals surface area contributed by atoms with Crippen molar-refractivity contribution in [3.63, 3.8) is 0 Å². The van der Waals surface area contributed by atoms with Crippen molar-refractivity contribution in [3.05, 3.63) is 35.9 Å². The predicted octanol–water partition coefficient (Wildman–Crippen LogP) is 2.05. The molecule has 0 spiro atoms. The van der Waals surface area contributed by atoms with Crippen molar-refractivity contribution in [1.82, 2.24) is 10.2 Å². The van der Waals surface area contributed by atoms with Crippen LogP contribution in [0.1, 0.15) is 39.2 Å². The second kappa shape index (κ2) is 5.65. The summed E-state index contributed by atoms with van der Waals surface area (Å²) in [4.78, 5) is 26.9. The number of carbonyl (C=O) groups excluding carboxylic acids is 2. The zero-order valence-electron chi connectivity index (χ0n) is 12.3. The Morgan fingerprint density at radius 3 is 2.40 bits per heavy atom. The topological polar surface area (TPSA) is 49.4 Å². The normalized spacial score (nSPS) is 26.6.